The molecule has 61 valence electrons. The van der Waals surface area contributed by atoms with Gasteiger partial charge in [-0.25, -0.2) is 0 Å². The molecule has 0 bridgehead atoms. The van der Waals surface area contributed by atoms with Crippen LogP contribution in [0.2, 0.25) is 0 Å². The summed E-state index contributed by atoms with van der Waals surface area (Å²) in [6.07, 6.45) is 0.370. The largest absolute Gasteiger partial charge is 0.424 e. The minimum absolute atomic E-state index is 0.205. The Labute approximate surface area is 70.3 Å². The molecule has 0 unspecified atom stereocenters. The van der Waals surface area contributed by atoms with E-state index in [0.717, 1.165) is 5.69 Å². The molecule has 0 spiro atoms. The fraction of sp³-hybridized carbons (Fsp3) is 0.222. The van der Waals surface area contributed by atoms with Crippen LogP contribution < -0.4 is 10.1 Å². The Kier molecular flexibility index (Phi) is 1.70. The maximum absolute atomic E-state index is 11.0. The summed E-state index contributed by atoms with van der Waals surface area (Å²) >= 11 is 0. The average molecular weight is 162 g/mol. The highest BCUT2D eigenvalue weighted by Gasteiger charge is 2.13. The van der Waals surface area contributed by atoms with Crippen LogP contribution in [0.5, 0.6) is 5.75 Å². The van der Waals surface area contributed by atoms with Crippen molar-refractivity contribution in [1.82, 2.24) is 5.32 Å². The SMILES string of the molecule is O=C1CC[N]c2ccccc2O1. The van der Waals surface area contributed by atoms with Crippen LogP contribution in [-0.2, 0) is 4.79 Å². The van der Waals surface area contributed by atoms with Gasteiger partial charge in [-0.1, -0.05) is 12.1 Å². The van der Waals surface area contributed by atoms with Crippen LogP contribution in [0.3, 0.4) is 0 Å². The summed E-state index contributed by atoms with van der Waals surface area (Å²) < 4.78 is 5.02. The van der Waals surface area contributed by atoms with E-state index in [-0.39, 0.29) is 5.97 Å². The van der Waals surface area contributed by atoms with Crippen molar-refractivity contribution in [3.05, 3.63) is 24.3 Å². The smallest absolute Gasteiger partial charge is 0.313 e. The molecule has 3 nitrogen and oxygen atoms in total. The van der Waals surface area contributed by atoms with E-state index in [2.05, 4.69) is 5.32 Å². The molecular formula is C9H8NO2. The van der Waals surface area contributed by atoms with Crippen LogP contribution in [0.1, 0.15) is 6.42 Å². The Morgan fingerprint density at radius 1 is 1.33 bits per heavy atom. The fourth-order valence-corrected chi connectivity index (χ4v) is 1.12. The predicted molar refractivity (Wildman–Crippen MR) is 43.4 cm³/mol. The molecule has 0 fully saturated rings. The highest BCUT2D eigenvalue weighted by Crippen LogP contribution is 2.25. The first-order valence-corrected chi connectivity index (χ1v) is 3.83. The van der Waals surface area contributed by atoms with Crippen molar-refractivity contribution in [3.63, 3.8) is 0 Å². The quantitative estimate of drug-likeness (QED) is 0.425. The topological polar surface area (TPSA) is 40.4 Å². The van der Waals surface area contributed by atoms with Gasteiger partial charge in [0.2, 0.25) is 0 Å². The summed E-state index contributed by atoms with van der Waals surface area (Å²) in [5, 5.41) is 4.19. The molecule has 3 heteroatoms. The van der Waals surface area contributed by atoms with Crippen molar-refractivity contribution in [1.29, 1.82) is 0 Å². The summed E-state index contributed by atoms with van der Waals surface area (Å²) in [6.45, 7) is 0.524. The summed E-state index contributed by atoms with van der Waals surface area (Å²) in [5.74, 6) is 0.365. The van der Waals surface area contributed by atoms with E-state index < -0.39 is 0 Å². The maximum Gasteiger partial charge on any atom is 0.313 e. The molecule has 1 radical (unpaired) electrons. The van der Waals surface area contributed by atoms with Gasteiger partial charge in [0.15, 0.2) is 5.75 Å². The summed E-state index contributed by atoms with van der Waals surface area (Å²) in [6, 6.07) is 7.30. The molecule has 1 aromatic carbocycles. The third-order valence-electron chi connectivity index (χ3n) is 1.69. The molecule has 12 heavy (non-hydrogen) atoms. The van der Waals surface area contributed by atoms with Crippen LogP contribution in [0, 0.1) is 0 Å². The van der Waals surface area contributed by atoms with Crippen LogP contribution in [0.15, 0.2) is 24.3 Å². The lowest BCUT2D eigenvalue weighted by Gasteiger charge is -2.02. The number of nitrogens with zero attached hydrogens (tertiary/aromatic N) is 1. The van der Waals surface area contributed by atoms with E-state index in [9.17, 15) is 4.79 Å². The first-order valence-electron chi connectivity index (χ1n) is 3.83. The Bertz CT molecular complexity index is 309. The van der Waals surface area contributed by atoms with Crippen molar-refractivity contribution >= 4 is 11.7 Å². The zero-order chi connectivity index (χ0) is 8.39. The molecule has 1 heterocycles. The van der Waals surface area contributed by atoms with Gasteiger partial charge < -0.3 is 4.74 Å². The molecule has 1 aliphatic rings. The standard InChI is InChI=1S/C9H8NO2/c11-9-5-6-10-7-3-1-2-4-8(7)12-9/h1-4H,5-6H2. The Balaban J connectivity index is 2.37. The fourth-order valence-electron chi connectivity index (χ4n) is 1.12. The minimum Gasteiger partial charge on any atom is -0.424 e. The summed E-state index contributed by atoms with van der Waals surface area (Å²) in [4.78, 5) is 11.0. The second-order valence-electron chi connectivity index (χ2n) is 2.57. The Hall–Kier alpha value is -1.51. The number of ether oxygens (including phenoxy) is 1. The number of fused-ring (bicyclic) bond motifs is 1. The van der Waals surface area contributed by atoms with Crippen LogP contribution in [-0.4, -0.2) is 12.5 Å². The summed E-state index contributed by atoms with van der Waals surface area (Å²) in [5.41, 5.74) is 0.767. The van der Waals surface area contributed by atoms with Gasteiger partial charge in [-0.15, -0.1) is 0 Å². The van der Waals surface area contributed by atoms with Gasteiger partial charge in [0.1, 0.15) is 5.69 Å². The average Bonchev–Trinajstić information content (AvgIpc) is 2.25. The molecule has 0 atom stereocenters. The number of esters is 1. The third-order valence-corrected chi connectivity index (χ3v) is 1.69. The number of carbonyl (C=O) groups excluding carboxylic acids is 1. The summed E-state index contributed by atoms with van der Waals surface area (Å²) in [7, 11) is 0. The minimum atomic E-state index is -0.205. The van der Waals surface area contributed by atoms with Crippen molar-refractivity contribution in [3.8, 4) is 5.75 Å². The van der Waals surface area contributed by atoms with Crippen molar-refractivity contribution < 1.29 is 9.53 Å². The van der Waals surface area contributed by atoms with E-state index in [1.54, 1.807) is 6.07 Å². The van der Waals surface area contributed by atoms with Gasteiger partial charge in [-0.05, 0) is 12.1 Å². The van der Waals surface area contributed by atoms with Gasteiger partial charge >= 0.3 is 5.97 Å². The number of carbonyl (C=O) groups is 1. The number of hydrogen-bond donors (Lipinski definition) is 0. The maximum atomic E-state index is 11.0. The highest BCUT2D eigenvalue weighted by molar-refractivity contribution is 5.75. The first kappa shape index (κ1) is 7.16. The van der Waals surface area contributed by atoms with E-state index >= 15 is 0 Å². The molecule has 2 rings (SSSR count). The van der Waals surface area contributed by atoms with Gasteiger partial charge in [0.25, 0.3) is 0 Å². The lowest BCUT2D eigenvalue weighted by Crippen LogP contribution is -2.07. The molecule has 0 saturated heterocycles. The van der Waals surface area contributed by atoms with E-state index in [1.807, 2.05) is 18.2 Å². The van der Waals surface area contributed by atoms with Crippen LogP contribution >= 0.6 is 0 Å². The lowest BCUT2D eigenvalue weighted by molar-refractivity contribution is -0.133. The second-order valence-corrected chi connectivity index (χ2v) is 2.57. The number of benzene rings is 1. The number of hydrogen-bond acceptors (Lipinski definition) is 2. The lowest BCUT2D eigenvalue weighted by atomic mass is 10.3. The number of para-hydroxylation sites is 2. The normalized spacial score (nSPS) is 15.5. The monoisotopic (exact) mass is 162 g/mol. The van der Waals surface area contributed by atoms with Gasteiger partial charge in [0, 0.05) is 0 Å². The zero-order valence-electron chi connectivity index (χ0n) is 6.49. The van der Waals surface area contributed by atoms with E-state index in [1.165, 1.54) is 0 Å². The predicted octanol–water partition coefficient (Wildman–Crippen LogP) is 1.23. The molecule has 1 aliphatic heterocycles. The second kappa shape index (κ2) is 2.85. The van der Waals surface area contributed by atoms with E-state index in [0.29, 0.717) is 18.7 Å². The molecule has 0 aromatic heterocycles. The molecule has 0 saturated carbocycles. The Morgan fingerprint density at radius 3 is 3.08 bits per heavy atom. The van der Waals surface area contributed by atoms with Crippen molar-refractivity contribution in [2.75, 3.05) is 6.54 Å². The van der Waals surface area contributed by atoms with Crippen LogP contribution in [0.4, 0.5) is 5.69 Å². The zero-order valence-corrected chi connectivity index (χ0v) is 6.49. The van der Waals surface area contributed by atoms with E-state index in [4.69, 9.17) is 4.74 Å². The van der Waals surface area contributed by atoms with Crippen molar-refractivity contribution in [2.24, 2.45) is 0 Å². The first-order chi connectivity index (χ1) is 5.86. The van der Waals surface area contributed by atoms with Crippen LogP contribution in [0.25, 0.3) is 0 Å². The molecule has 0 amide bonds. The third kappa shape index (κ3) is 1.25. The molecule has 0 aliphatic carbocycles. The molecule has 0 N–H and O–H groups in total. The highest BCUT2D eigenvalue weighted by atomic mass is 16.5. The van der Waals surface area contributed by atoms with Gasteiger partial charge in [0.05, 0.1) is 13.0 Å². The molecular weight excluding hydrogens is 154 g/mol. The number of rotatable bonds is 0. The van der Waals surface area contributed by atoms with Crippen molar-refractivity contribution in [2.45, 2.75) is 6.42 Å². The van der Waals surface area contributed by atoms with Gasteiger partial charge in [-0.3, -0.25) is 10.1 Å². The molecule has 1 aromatic rings. The van der Waals surface area contributed by atoms with Gasteiger partial charge in [-0.2, -0.15) is 0 Å². The Morgan fingerprint density at radius 2 is 2.17 bits per heavy atom.